The Morgan fingerprint density at radius 3 is 2.58 bits per heavy atom. The second-order valence-corrected chi connectivity index (χ2v) is 9.51. The number of hydrogen-bond acceptors (Lipinski definition) is 5. The smallest absolute Gasteiger partial charge is 0.257 e. The predicted molar refractivity (Wildman–Crippen MR) is 149 cm³/mol. The second kappa shape index (κ2) is 10.7. The summed E-state index contributed by atoms with van der Waals surface area (Å²) in [7, 11) is 0. The fourth-order valence-electron chi connectivity index (χ4n) is 4.67. The van der Waals surface area contributed by atoms with Crippen LogP contribution >= 0.6 is 11.8 Å². The van der Waals surface area contributed by atoms with Gasteiger partial charge >= 0.3 is 0 Å². The van der Waals surface area contributed by atoms with Gasteiger partial charge in [-0.15, -0.1) is 0 Å². The zero-order valence-corrected chi connectivity index (χ0v) is 20.9. The van der Waals surface area contributed by atoms with Crippen molar-refractivity contribution in [3.8, 4) is 6.07 Å². The number of amidine groups is 1. The van der Waals surface area contributed by atoms with Crippen LogP contribution in [0.1, 0.15) is 33.5 Å². The van der Waals surface area contributed by atoms with Gasteiger partial charge in [-0.05, 0) is 71.3 Å². The molecule has 0 atom stereocenters. The van der Waals surface area contributed by atoms with Gasteiger partial charge in [0.05, 0.1) is 11.3 Å². The molecule has 1 heterocycles. The number of carbonyl (C=O) groups is 1. The van der Waals surface area contributed by atoms with Gasteiger partial charge in [-0.2, -0.15) is 5.26 Å². The largest absolute Gasteiger partial charge is 0.367 e. The third kappa shape index (κ3) is 4.98. The first kappa shape index (κ1) is 23.7. The van der Waals surface area contributed by atoms with Gasteiger partial charge in [-0.3, -0.25) is 4.79 Å². The van der Waals surface area contributed by atoms with E-state index in [0.29, 0.717) is 22.0 Å². The van der Waals surface area contributed by atoms with Gasteiger partial charge in [-0.25, -0.2) is 4.99 Å². The van der Waals surface area contributed by atoms with Crippen LogP contribution in [0.4, 0.5) is 11.4 Å². The molecule has 36 heavy (non-hydrogen) atoms. The van der Waals surface area contributed by atoms with E-state index in [1.165, 1.54) is 28.1 Å². The summed E-state index contributed by atoms with van der Waals surface area (Å²) >= 11 is 1.35. The van der Waals surface area contributed by atoms with Crippen LogP contribution in [0.25, 0.3) is 10.8 Å². The Bertz CT molecular complexity index is 1490. The first-order valence-corrected chi connectivity index (χ1v) is 13.2. The molecule has 1 N–H and O–H groups in total. The zero-order valence-electron chi connectivity index (χ0n) is 20.1. The minimum Gasteiger partial charge on any atom is -0.367 e. The van der Waals surface area contributed by atoms with Crippen LogP contribution in [0.2, 0.25) is 0 Å². The van der Waals surface area contributed by atoms with E-state index in [0.717, 1.165) is 37.2 Å². The summed E-state index contributed by atoms with van der Waals surface area (Å²) < 4.78 is 0. The van der Waals surface area contributed by atoms with Crippen LogP contribution in [-0.2, 0) is 13.0 Å². The summed E-state index contributed by atoms with van der Waals surface area (Å²) in [4.78, 5) is 19.6. The highest BCUT2D eigenvalue weighted by Gasteiger charge is 2.22. The Morgan fingerprint density at radius 1 is 1.03 bits per heavy atom. The maximum atomic E-state index is 12.6. The topological polar surface area (TPSA) is 68.5 Å². The van der Waals surface area contributed by atoms with Crippen LogP contribution in [-0.4, -0.2) is 23.9 Å². The Hall–Kier alpha value is -4.08. The normalized spacial score (nSPS) is 13.2. The number of anilines is 1. The van der Waals surface area contributed by atoms with Gasteiger partial charge in [0.15, 0.2) is 5.17 Å². The van der Waals surface area contributed by atoms with Gasteiger partial charge in [0.25, 0.3) is 5.91 Å². The number of rotatable bonds is 4. The Labute approximate surface area is 215 Å². The maximum absolute atomic E-state index is 12.6. The molecular formula is C30H26N4OS. The van der Waals surface area contributed by atoms with Crippen LogP contribution in [0.15, 0.2) is 89.9 Å². The molecule has 1 aliphatic heterocycles. The van der Waals surface area contributed by atoms with Gasteiger partial charge in [0.1, 0.15) is 6.07 Å². The van der Waals surface area contributed by atoms with Gasteiger partial charge in [0, 0.05) is 24.3 Å². The molecule has 0 saturated heterocycles. The number of thioether (sulfide) groups is 1. The summed E-state index contributed by atoms with van der Waals surface area (Å²) in [6.45, 7) is 1.73. The third-order valence-corrected chi connectivity index (χ3v) is 7.01. The molecule has 1 aliphatic rings. The number of amides is 1. The molecule has 0 bridgehead atoms. The van der Waals surface area contributed by atoms with Crippen molar-refractivity contribution in [2.24, 2.45) is 4.99 Å². The van der Waals surface area contributed by atoms with E-state index < -0.39 is 0 Å². The number of hydrogen-bond donors (Lipinski definition) is 1. The summed E-state index contributed by atoms with van der Waals surface area (Å²) in [6, 6.07) is 30.4. The maximum Gasteiger partial charge on any atom is 0.257 e. The summed E-state index contributed by atoms with van der Waals surface area (Å²) in [6.07, 6.45) is 3.67. The number of aliphatic imine (C=N–C) groups is 1. The molecule has 6 heteroatoms. The number of benzene rings is 4. The van der Waals surface area contributed by atoms with E-state index in [2.05, 4.69) is 69.8 Å². The van der Waals surface area contributed by atoms with E-state index in [1.807, 2.05) is 30.5 Å². The Kier molecular flexibility index (Phi) is 7.01. The van der Waals surface area contributed by atoms with Gasteiger partial charge in [-0.1, -0.05) is 66.4 Å². The molecule has 0 spiro atoms. The monoisotopic (exact) mass is 490 g/mol. The number of nitriles is 1. The van der Waals surface area contributed by atoms with Crippen molar-refractivity contribution in [2.45, 2.75) is 19.4 Å². The lowest BCUT2D eigenvalue weighted by Gasteiger charge is -2.32. The molecule has 1 amide bonds. The van der Waals surface area contributed by atoms with Crippen molar-refractivity contribution in [1.82, 2.24) is 5.32 Å². The molecule has 0 radical (unpaired) electrons. The Morgan fingerprint density at radius 2 is 1.81 bits per heavy atom. The van der Waals surface area contributed by atoms with Gasteiger partial charge in [0.2, 0.25) is 0 Å². The molecular weight excluding hydrogens is 464 g/mol. The van der Waals surface area contributed by atoms with E-state index in [1.54, 1.807) is 12.1 Å². The van der Waals surface area contributed by atoms with Crippen molar-refractivity contribution >= 4 is 45.0 Å². The minimum absolute atomic E-state index is 0.221. The SMILES string of the molecule is CSC(=Nc1ccc2c(c1C#N)CCCN2Cc1ccc2ccccc2c1)NC(=O)c1ccccc1. The lowest BCUT2D eigenvalue weighted by atomic mass is 9.95. The third-order valence-electron chi connectivity index (χ3n) is 6.43. The molecule has 5 nitrogen and oxygen atoms in total. The van der Waals surface area contributed by atoms with E-state index in [-0.39, 0.29) is 5.91 Å². The molecule has 178 valence electrons. The summed E-state index contributed by atoms with van der Waals surface area (Å²) in [5.41, 5.74) is 5.09. The number of fused-ring (bicyclic) bond motifs is 2. The first-order valence-electron chi connectivity index (χ1n) is 11.9. The minimum atomic E-state index is -0.221. The average molecular weight is 491 g/mol. The van der Waals surface area contributed by atoms with Gasteiger partial charge < -0.3 is 10.2 Å². The van der Waals surface area contributed by atoms with Crippen molar-refractivity contribution in [3.05, 3.63) is 107 Å². The molecule has 0 unspecified atom stereocenters. The fourth-order valence-corrected chi connectivity index (χ4v) is 5.06. The number of nitrogens with zero attached hydrogens (tertiary/aromatic N) is 3. The standard InChI is InChI=1S/C30H26N4OS/c1-36-30(33-29(35)23-9-3-2-4-10-23)32-27-15-16-28-25(26(27)19-31)12-7-17-34(28)20-21-13-14-22-8-5-6-11-24(22)18-21/h2-6,8-11,13-16,18H,7,12,17,20H2,1H3,(H,32,33,35). The number of carbonyl (C=O) groups excluding carboxylic acids is 1. The Balaban J connectivity index is 1.42. The highest BCUT2D eigenvalue weighted by atomic mass is 32.2. The molecule has 0 fully saturated rings. The lowest BCUT2D eigenvalue weighted by molar-refractivity contribution is 0.0978. The molecule has 0 saturated carbocycles. The summed E-state index contributed by atoms with van der Waals surface area (Å²) in [5.74, 6) is -0.221. The van der Waals surface area contributed by atoms with Crippen LogP contribution in [0.3, 0.4) is 0 Å². The van der Waals surface area contributed by atoms with E-state index in [9.17, 15) is 10.1 Å². The van der Waals surface area contributed by atoms with Crippen molar-refractivity contribution in [2.75, 3.05) is 17.7 Å². The predicted octanol–water partition coefficient (Wildman–Crippen LogP) is 6.44. The van der Waals surface area contributed by atoms with Crippen molar-refractivity contribution in [3.63, 3.8) is 0 Å². The first-order chi connectivity index (χ1) is 17.7. The van der Waals surface area contributed by atoms with Crippen LogP contribution in [0, 0.1) is 11.3 Å². The van der Waals surface area contributed by atoms with Crippen molar-refractivity contribution < 1.29 is 4.79 Å². The molecule has 5 rings (SSSR count). The number of nitrogens with one attached hydrogen (secondary N) is 1. The molecule has 4 aromatic carbocycles. The molecule has 0 aliphatic carbocycles. The zero-order chi connectivity index (χ0) is 24.9. The van der Waals surface area contributed by atoms with Crippen molar-refractivity contribution in [1.29, 1.82) is 5.26 Å². The van der Waals surface area contributed by atoms with E-state index in [4.69, 9.17) is 0 Å². The average Bonchev–Trinajstić information content (AvgIpc) is 2.93. The highest BCUT2D eigenvalue weighted by molar-refractivity contribution is 8.13. The fraction of sp³-hybridized carbons (Fsp3) is 0.167. The van der Waals surface area contributed by atoms with Crippen LogP contribution < -0.4 is 10.2 Å². The molecule has 4 aromatic rings. The highest BCUT2D eigenvalue weighted by Crippen LogP contribution is 2.36. The van der Waals surface area contributed by atoms with E-state index >= 15 is 0 Å². The summed E-state index contributed by atoms with van der Waals surface area (Å²) in [5, 5.41) is 15.9. The quantitative estimate of drug-likeness (QED) is 0.264. The van der Waals surface area contributed by atoms with Crippen LogP contribution in [0.5, 0.6) is 0 Å². The molecule has 0 aromatic heterocycles. The lowest BCUT2D eigenvalue weighted by Crippen LogP contribution is -2.29. The second-order valence-electron chi connectivity index (χ2n) is 8.72.